The van der Waals surface area contributed by atoms with Crippen LogP contribution in [-0.4, -0.2) is 24.8 Å². The van der Waals surface area contributed by atoms with E-state index in [1.165, 1.54) is 7.11 Å². The zero-order valence-electron chi connectivity index (χ0n) is 14.5. The summed E-state index contributed by atoms with van der Waals surface area (Å²) in [5, 5.41) is 10.2. The Bertz CT molecular complexity index is 759. The topological polar surface area (TPSA) is 105 Å². The third-order valence-electron chi connectivity index (χ3n) is 3.71. The molecule has 0 unspecified atom stereocenters. The second-order valence-corrected chi connectivity index (χ2v) is 5.55. The first-order chi connectivity index (χ1) is 12.0. The summed E-state index contributed by atoms with van der Waals surface area (Å²) in [4.78, 5) is 22.9. The van der Waals surface area contributed by atoms with Gasteiger partial charge in [-0.2, -0.15) is 0 Å². The molecule has 2 aromatic carbocycles. The van der Waals surface area contributed by atoms with Gasteiger partial charge in [0.15, 0.2) is 0 Å². The summed E-state index contributed by atoms with van der Waals surface area (Å²) in [6.07, 6.45) is 0.960. The number of anilines is 1. The number of nitrogens with two attached hydrogens (primary N) is 1. The van der Waals surface area contributed by atoms with E-state index in [4.69, 9.17) is 11.1 Å². The molecule has 1 amide bonds. The van der Waals surface area contributed by atoms with E-state index in [1.807, 2.05) is 36.4 Å². The number of esters is 1. The van der Waals surface area contributed by atoms with Crippen LogP contribution in [0.3, 0.4) is 0 Å². The van der Waals surface area contributed by atoms with Gasteiger partial charge < -0.3 is 15.8 Å². The number of benzene rings is 2. The normalized spacial score (nSPS) is 9.73. The van der Waals surface area contributed by atoms with Crippen molar-refractivity contribution in [2.75, 3.05) is 12.4 Å². The maximum absolute atomic E-state index is 11.8. The fourth-order valence-corrected chi connectivity index (χ4v) is 2.31. The zero-order valence-corrected chi connectivity index (χ0v) is 15.3. The number of nitrogen functional groups attached to an aromatic ring is 1. The Hall–Kier alpha value is -2.86. The summed E-state index contributed by atoms with van der Waals surface area (Å²) in [7, 11) is 1.33. The van der Waals surface area contributed by atoms with Crippen molar-refractivity contribution in [2.45, 2.75) is 19.3 Å². The largest absolute Gasteiger partial charge is 0.469 e. The lowest BCUT2D eigenvalue weighted by Crippen LogP contribution is -2.12. The van der Waals surface area contributed by atoms with Gasteiger partial charge in [0.05, 0.1) is 7.11 Å². The van der Waals surface area contributed by atoms with Crippen molar-refractivity contribution in [2.24, 2.45) is 5.73 Å². The quantitative estimate of drug-likeness (QED) is 0.392. The number of ether oxygens (including phenoxy) is 1. The minimum atomic E-state index is -0.312. The van der Waals surface area contributed by atoms with Gasteiger partial charge in [0.25, 0.3) is 0 Å². The number of hydrogen-bond acceptors (Lipinski definition) is 4. The van der Waals surface area contributed by atoms with Crippen LogP contribution >= 0.6 is 12.4 Å². The summed E-state index contributed by atoms with van der Waals surface area (Å²) < 4.78 is 4.54. The number of amidine groups is 1. The van der Waals surface area contributed by atoms with Crippen LogP contribution in [0.4, 0.5) is 5.69 Å². The van der Waals surface area contributed by atoms with E-state index in [0.717, 1.165) is 11.1 Å². The van der Waals surface area contributed by atoms with Gasteiger partial charge in [-0.15, -0.1) is 12.4 Å². The number of hydrogen-bond donors (Lipinski definition) is 3. The number of halogens is 1. The highest BCUT2D eigenvalue weighted by molar-refractivity contribution is 5.95. The molecule has 0 fully saturated rings. The summed E-state index contributed by atoms with van der Waals surface area (Å²) in [5.41, 5.74) is 8.83. The van der Waals surface area contributed by atoms with Gasteiger partial charge >= 0.3 is 5.97 Å². The third-order valence-corrected chi connectivity index (χ3v) is 3.71. The highest BCUT2D eigenvalue weighted by atomic mass is 35.5. The van der Waals surface area contributed by atoms with Gasteiger partial charge in [0.1, 0.15) is 5.84 Å². The Labute approximate surface area is 158 Å². The Morgan fingerprint density at radius 2 is 1.54 bits per heavy atom. The molecule has 0 spiro atoms. The predicted octanol–water partition coefficient (Wildman–Crippen LogP) is 3.34. The van der Waals surface area contributed by atoms with Crippen LogP contribution in [0.1, 0.15) is 24.8 Å². The lowest BCUT2D eigenvalue weighted by Gasteiger charge is -2.07. The minimum Gasteiger partial charge on any atom is -0.469 e. The standard InChI is InChI=1S/C19H21N3O3.ClH/c1-25-18(24)4-2-3-17(23)22-16-11-9-14(10-12-16)13-5-7-15(8-6-13)19(20)21;/h5-12H,2-4H2,1H3,(H3,20,21)(H,22,23);1H. The van der Waals surface area contributed by atoms with Crippen molar-refractivity contribution >= 4 is 35.8 Å². The van der Waals surface area contributed by atoms with Crippen molar-refractivity contribution in [3.8, 4) is 11.1 Å². The third kappa shape index (κ3) is 6.22. The molecule has 4 N–H and O–H groups in total. The van der Waals surface area contributed by atoms with E-state index in [-0.39, 0.29) is 43.0 Å². The average Bonchev–Trinajstić information content (AvgIpc) is 2.62. The predicted molar refractivity (Wildman–Crippen MR) is 105 cm³/mol. The van der Waals surface area contributed by atoms with Crippen LogP contribution in [0.5, 0.6) is 0 Å². The van der Waals surface area contributed by atoms with Crippen LogP contribution in [0, 0.1) is 5.41 Å². The maximum Gasteiger partial charge on any atom is 0.305 e. The van der Waals surface area contributed by atoms with E-state index in [9.17, 15) is 9.59 Å². The second-order valence-electron chi connectivity index (χ2n) is 5.55. The maximum atomic E-state index is 11.8. The summed E-state index contributed by atoms with van der Waals surface area (Å²) in [6.45, 7) is 0. The van der Waals surface area contributed by atoms with Crippen LogP contribution in [0.25, 0.3) is 11.1 Å². The molecule has 7 heteroatoms. The van der Waals surface area contributed by atoms with E-state index in [1.54, 1.807) is 12.1 Å². The lowest BCUT2D eigenvalue weighted by atomic mass is 10.0. The van der Waals surface area contributed by atoms with Crippen molar-refractivity contribution in [3.05, 3.63) is 54.1 Å². The Balaban J connectivity index is 0.00000338. The fourth-order valence-electron chi connectivity index (χ4n) is 2.31. The number of methoxy groups -OCH3 is 1. The van der Waals surface area contributed by atoms with Crippen LogP contribution in [0.2, 0.25) is 0 Å². The number of nitrogens with one attached hydrogen (secondary N) is 2. The van der Waals surface area contributed by atoms with Gasteiger partial charge in [-0.3, -0.25) is 15.0 Å². The van der Waals surface area contributed by atoms with Crippen LogP contribution in [0.15, 0.2) is 48.5 Å². The highest BCUT2D eigenvalue weighted by Crippen LogP contribution is 2.22. The summed E-state index contributed by atoms with van der Waals surface area (Å²) in [6, 6.07) is 14.9. The molecular formula is C19H22ClN3O3. The van der Waals surface area contributed by atoms with Gasteiger partial charge in [-0.25, -0.2) is 0 Å². The van der Waals surface area contributed by atoms with E-state index >= 15 is 0 Å². The molecule has 0 bridgehead atoms. The first-order valence-electron chi connectivity index (χ1n) is 7.91. The van der Waals surface area contributed by atoms with Crippen LogP contribution < -0.4 is 11.1 Å². The zero-order chi connectivity index (χ0) is 18.2. The minimum absolute atomic E-state index is 0. The number of rotatable bonds is 7. The smallest absolute Gasteiger partial charge is 0.305 e. The molecule has 0 aliphatic heterocycles. The monoisotopic (exact) mass is 375 g/mol. The summed E-state index contributed by atoms with van der Waals surface area (Å²) >= 11 is 0. The molecule has 2 rings (SSSR count). The molecule has 0 heterocycles. The van der Waals surface area contributed by atoms with E-state index in [0.29, 0.717) is 17.7 Å². The molecule has 0 aliphatic carbocycles. The first-order valence-corrected chi connectivity index (χ1v) is 7.91. The molecule has 0 saturated heterocycles. The highest BCUT2D eigenvalue weighted by Gasteiger charge is 2.06. The molecule has 6 nitrogen and oxygen atoms in total. The van der Waals surface area contributed by atoms with Gasteiger partial charge in [0, 0.05) is 24.1 Å². The Kier molecular flexibility index (Phi) is 8.31. The number of amides is 1. The Morgan fingerprint density at radius 1 is 1.00 bits per heavy atom. The molecular weight excluding hydrogens is 354 g/mol. The SMILES string of the molecule is COC(=O)CCCC(=O)Nc1ccc(-c2ccc(C(=N)N)cc2)cc1.Cl. The molecule has 138 valence electrons. The number of carbonyl (C=O) groups is 2. The first kappa shape index (κ1) is 21.2. The fraction of sp³-hybridized carbons (Fsp3) is 0.211. The second kappa shape index (κ2) is 10.2. The van der Waals surface area contributed by atoms with Gasteiger partial charge in [-0.1, -0.05) is 36.4 Å². The molecule has 2 aromatic rings. The number of carbonyl (C=O) groups excluding carboxylic acids is 2. The van der Waals surface area contributed by atoms with E-state index in [2.05, 4.69) is 10.1 Å². The van der Waals surface area contributed by atoms with Crippen molar-refractivity contribution in [3.63, 3.8) is 0 Å². The molecule has 26 heavy (non-hydrogen) atoms. The lowest BCUT2D eigenvalue weighted by molar-refractivity contribution is -0.140. The molecule has 0 radical (unpaired) electrons. The average molecular weight is 376 g/mol. The Morgan fingerprint density at radius 3 is 2.04 bits per heavy atom. The van der Waals surface area contributed by atoms with E-state index < -0.39 is 0 Å². The van der Waals surface area contributed by atoms with Crippen LogP contribution in [-0.2, 0) is 14.3 Å². The van der Waals surface area contributed by atoms with Crippen molar-refractivity contribution in [1.29, 1.82) is 5.41 Å². The molecule has 0 atom stereocenters. The van der Waals surface area contributed by atoms with Gasteiger partial charge in [-0.05, 0) is 29.7 Å². The van der Waals surface area contributed by atoms with Crippen molar-refractivity contribution < 1.29 is 14.3 Å². The molecule has 0 aromatic heterocycles. The summed E-state index contributed by atoms with van der Waals surface area (Å²) in [5.74, 6) is -0.410. The van der Waals surface area contributed by atoms with Crippen molar-refractivity contribution in [1.82, 2.24) is 0 Å². The molecule has 0 saturated carbocycles. The van der Waals surface area contributed by atoms with Gasteiger partial charge in [0.2, 0.25) is 5.91 Å². The molecule has 0 aliphatic rings.